The lowest BCUT2D eigenvalue weighted by Crippen LogP contribution is -2.29. The average molecular weight is 853 g/mol. The molecule has 0 unspecified atom stereocenters. The zero-order chi connectivity index (χ0) is 44.6. The smallest absolute Gasteiger partial charge is 0.337 e. The second-order valence-corrected chi connectivity index (χ2v) is 15.4. The number of carbonyl (C=O) groups excluding carboxylic acids is 4. The van der Waals surface area contributed by atoms with Crippen LogP contribution in [0.5, 0.6) is 5.75 Å². The normalized spacial score (nSPS) is 13.3. The molecule has 0 radical (unpaired) electrons. The van der Waals surface area contributed by atoms with Crippen molar-refractivity contribution in [1.82, 2.24) is 30.2 Å². The first-order chi connectivity index (χ1) is 30.4. The van der Waals surface area contributed by atoms with Crippen LogP contribution in [0.1, 0.15) is 101 Å². The minimum absolute atomic E-state index is 0.160. The lowest BCUT2D eigenvalue weighted by atomic mass is 10.1. The van der Waals surface area contributed by atoms with E-state index in [1.807, 2.05) is 104 Å². The van der Waals surface area contributed by atoms with Gasteiger partial charge in [-0.3, -0.25) is 9.59 Å². The Balaban J connectivity index is 0.000000212. The summed E-state index contributed by atoms with van der Waals surface area (Å²) in [6.45, 7) is 11.8. The minimum Gasteiger partial charge on any atom is -0.489 e. The number of fused-ring (bicyclic) bond motifs is 2. The quantitative estimate of drug-likeness (QED) is 0.103. The molecule has 15 heteroatoms. The number of hydrogen-bond donors (Lipinski definition) is 3. The Morgan fingerprint density at radius 3 is 1.76 bits per heavy atom. The molecule has 4 aromatic carbocycles. The number of hydrogen-bond acceptors (Lipinski definition) is 11. The van der Waals surface area contributed by atoms with E-state index >= 15 is 0 Å². The number of carbonyl (C=O) groups is 4. The molecule has 2 amide bonds. The molecule has 0 aliphatic carbocycles. The number of aryl methyl sites for hydroxylation is 2. The van der Waals surface area contributed by atoms with Crippen LogP contribution < -0.4 is 25.6 Å². The fourth-order valence-corrected chi connectivity index (χ4v) is 7.67. The third kappa shape index (κ3) is 10.0. The maximum absolute atomic E-state index is 13.4. The molecule has 0 bridgehead atoms. The minimum atomic E-state index is -0.390. The van der Waals surface area contributed by atoms with Crippen LogP contribution in [0.2, 0.25) is 0 Å². The van der Waals surface area contributed by atoms with Gasteiger partial charge in [-0.25, -0.2) is 19.0 Å². The molecule has 8 rings (SSSR count). The van der Waals surface area contributed by atoms with Crippen molar-refractivity contribution >= 4 is 35.4 Å². The summed E-state index contributed by atoms with van der Waals surface area (Å²) in [5.74, 6) is 1.33. The molecule has 63 heavy (non-hydrogen) atoms. The van der Waals surface area contributed by atoms with Gasteiger partial charge in [-0.1, -0.05) is 66.7 Å². The molecule has 326 valence electrons. The lowest BCUT2D eigenvalue weighted by Gasteiger charge is -2.20. The number of anilines is 2. The van der Waals surface area contributed by atoms with E-state index in [-0.39, 0.29) is 29.9 Å². The SMILES string of the molecule is COC(=O)c1ccc([C@H](C)NC(=O)c2c(C)nn3c2N(Cc2ccc(OCc4ccccc4)cc2)CC3)cc1.COC(=O)c1ccc([C@H](C)NC(=O)c2c(C)nn3c2NCC3)cc1. The number of rotatable bonds is 13. The molecule has 0 spiro atoms. The molecule has 15 nitrogen and oxygen atoms in total. The monoisotopic (exact) mass is 852 g/mol. The molecule has 2 atom stereocenters. The van der Waals surface area contributed by atoms with E-state index in [9.17, 15) is 19.2 Å². The number of esters is 2. The lowest BCUT2D eigenvalue weighted by molar-refractivity contribution is 0.0592. The van der Waals surface area contributed by atoms with Gasteiger partial charge in [0.15, 0.2) is 0 Å². The van der Waals surface area contributed by atoms with Crippen LogP contribution in [0.25, 0.3) is 0 Å². The van der Waals surface area contributed by atoms with Gasteiger partial charge in [-0.15, -0.1) is 0 Å². The first kappa shape index (κ1) is 43.7. The third-order valence-electron chi connectivity index (χ3n) is 11.1. The molecule has 4 heterocycles. The van der Waals surface area contributed by atoms with Gasteiger partial charge in [0, 0.05) is 19.6 Å². The average Bonchev–Trinajstić information content (AvgIpc) is 4.07. The van der Waals surface area contributed by atoms with Crippen LogP contribution in [0.4, 0.5) is 11.6 Å². The van der Waals surface area contributed by atoms with E-state index in [4.69, 9.17) is 9.47 Å². The largest absolute Gasteiger partial charge is 0.489 e. The zero-order valence-electron chi connectivity index (χ0n) is 36.3. The molecule has 2 aliphatic rings. The van der Waals surface area contributed by atoms with Gasteiger partial charge in [-0.2, -0.15) is 10.2 Å². The number of benzene rings is 4. The molecule has 6 aromatic rings. The highest BCUT2D eigenvalue weighted by atomic mass is 16.5. The summed E-state index contributed by atoms with van der Waals surface area (Å²) in [5, 5.41) is 18.3. The molecule has 0 saturated heterocycles. The summed E-state index contributed by atoms with van der Waals surface area (Å²) in [5.41, 5.74) is 7.59. The van der Waals surface area contributed by atoms with Gasteiger partial charge in [0.05, 0.1) is 61.9 Å². The van der Waals surface area contributed by atoms with Crippen molar-refractivity contribution in [3.63, 3.8) is 0 Å². The van der Waals surface area contributed by atoms with Gasteiger partial charge in [0.2, 0.25) is 0 Å². The summed E-state index contributed by atoms with van der Waals surface area (Å²) in [4.78, 5) is 51.4. The van der Waals surface area contributed by atoms with Gasteiger partial charge in [-0.05, 0) is 86.3 Å². The summed E-state index contributed by atoms with van der Waals surface area (Å²) in [6.07, 6.45) is 0. The standard InChI is InChI=1S/C31H32N4O4.C17H20N4O3/c1-21(25-11-13-26(14-12-25)31(37)38-3)32-29(36)28-22(2)33-35-18-17-34(30(28)35)19-23-9-15-27(16-10-23)39-20-24-7-5-4-6-8-24;1-10(12-4-6-13(7-5-12)17(23)24-3)19-16(22)14-11(2)20-21-9-8-18-15(14)21/h4-16,21H,17-20H2,1-3H3,(H,32,36);4-7,10,18H,8-9H2,1-3H3,(H,19,22)/t21-;10-/m00/s1. The highest BCUT2D eigenvalue weighted by molar-refractivity contribution is 6.01. The Kier molecular flexibility index (Phi) is 13.5. The van der Waals surface area contributed by atoms with Crippen LogP contribution in [0.3, 0.4) is 0 Å². The van der Waals surface area contributed by atoms with Crippen LogP contribution >= 0.6 is 0 Å². The summed E-state index contributed by atoms with van der Waals surface area (Å²) < 4.78 is 19.1. The molecular formula is C48H52N8O7. The van der Waals surface area contributed by atoms with Crippen molar-refractivity contribution in [2.75, 3.05) is 37.5 Å². The number of aromatic nitrogens is 4. The van der Waals surface area contributed by atoms with Crippen molar-refractivity contribution < 1.29 is 33.4 Å². The Morgan fingerprint density at radius 2 is 1.19 bits per heavy atom. The number of methoxy groups -OCH3 is 2. The van der Waals surface area contributed by atoms with Crippen LogP contribution in [0, 0.1) is 13.8 Å². The number of ether oxygens (including phenoxy) is 3. The zero-order valence-corrected chi connectivity index (χ0v) is 36.3. The van der Waals surface area contributed by atoms with Crippen LogP contribution in [-0.4, -0.2) is 70.6 Å². The van der Waals surface area contributed by atoms with Crippen molar-refractivity contribution in [2.24, 2.45) is 0 Å². The molecule has 2 aliphatic heterocycles. The van der Waals surface area contributed by atoms with Crippen LogP contribution in [-0.2, 0) is 35.7 Å². The van der Waals surface area contributed by atoms with Gasteiger partial charge in [0.25, 0.3) is 11.8 Å². The van der Waals surface area contributed by atoms with Crippen molar-refractivity contribution in [1.29, 1.82) is 0 Å². The molecule has 0 saturated carbocycles. The highest BCUT2D eigenvalue weighted by Crippen LogP contribution is 2.31. The van der Waals surface area contributed by atoms with E-state index in [2.05, 4.69) is 47.9 Å². The second kappa shape index (κ2) is 19.5. The Labute approximate surface area is 366 Å². The number of nitrogens with one attached hydrogen (secondary N) is 3. The number of amides is 2. The first-order valence-corrected chi connectivity index (χ1v) is 20.8. The maximum atomic E-state index is 13.4. The van der Waals surface area contributed by atoms with E-state index in [1.54, 1.807) is 24.3 Å². The molecule has 0 fully saturated rings. The maximum Gasteiger partial charge on any atom is 0.337 e. The number of nitrogens with zero attached hydrogens (tertiary/aromatic N) is 5. The Morgan fingerprint density at radius 1 is 0.651 bits per heavy atom. The fraction of sp³-hybridized carbons (Fsp3) is 0.292. The predicted molar refractivity (Wildman–Crippen MR) is 238 cm³/mol. The topological polar surface area (TPSA) is 171 Å². The predicted octanol–water partition coefficient (Wildman–Crippen LogP) is 6.96. The molecule has 3 N–H and O–H groups in total. The van der Waals surface area contributed by atoms with E-state index < -0.39 is 5.97 Å². The van der Waals surface area contributed by atoms with E-state index in [1.165, 1.54) is 14.2 Å². The fourth-order valence-electron chi connectivity index (χ4n) is 7.67. The van der Waals surface area contributed by atoms with Crippen molar-refractivity contribution in [3.05, 3.63) is 159 Å². The van der Waals surface area contributed by atoms with E-state index in [0.717, 1.165) is 65.8 Å². The third-order valence-corrected chi connectivity index (χ3v) is 11.1. The Hall–Kier alpha value is -7.42. The summed E-state index contributed by atoms with van der Waals surface area (Å²) in [7, 11) is 2.70. The Bertz CT molecular complexity index is 2570. The molecule has 2 aromatic heterocycles. The highest BCUT2D eigenvalue weighted by Gasteiger charge is 2.31. The van der Waals surface area contributed by atoms with Crippen molar-refractivity contribution in [3.8, 4) is 5.75 Å². The second-order valence-electron chi connectivity index (χ2n) is 15.4. The summed E-state index contributed by atoms with van der Waals surface area (Å²) >= 11 is 0. The van der Waals surface area contributed by atoms with Gasteiger partial charge >= 0.3 is 11.9 Å². The summed E-state index contributed by atoms with van der Waals surface area (Å²) in [6, 6.07) is 31.8. The van der Waals surface area contributed by atoms with E-state index in [0.29, 0.717) is 46.8 Å². The van der Waals surface area contributed by atoms with Gasteiger partial charge < -0.3 is 35.1 Å². The first-order valence-electron chi connectivity index (χ1n) is 20.8. The molecular weight excluding hydrogens is 801 g/mol. The van der Waals surface area contributed by atoms with Crippen molar-refractivity contribution in [2.45, 2.75) is 66.0 Å². The van der Waals surface area contributed by atoms with Crippen LogP contribution in [0.15, 0.2) is 103 Å². The van der Waals surface area contributed by atoms with Gasteiger partial charge in [0.1, 0.15) is 35.1 Å².